The molecule has 1 saturated heterocycles. The predicted molar refractivity (Wildman–Crippen MR) is 126 cm³/mol. The molecule has 1 heterocycles. The molecule has 9 heteroatoms. The van der Waals surface area contributed by atoms with Crippen LogP contribution >= 0.6 is 11.6 Å². The van der Waals surface area contributed by atoms with Crippen molar-refractivity contribution < 1.29 is 22.7 Å². The molecule has 1 aliphatic rings. The standard InChI is InChI=1S/C24H23ClN2O5S/c25-21-4-2-1-3-17(21)13-24(28)27-19-7-10-22(23(14-19)33(26,29)30)32-20-8-5-16(6-9-20)18-11-12-31-15-18/h1-10,14,18H,11-13,15H2,(H,27,28)(H2,26,29,30). The molecule has 1 fully saturated rings. The summed E-state index contributed by atoms with van der Waals surface area (Å²) in [5.74, 6) is 0.549. The minimum absolute atomic E-state index is 0.0427. The number of nitrogens with two attached hydrogens (primary N) is 1. The largest absolute Gasteiger partial charge is 0.456 e. The number of benzene rings is 3. The van der Waals surface area contributed by atoms with Gasteiger partial charge in [0.25, 0.3) is 0 Å². The second-order valence-electron chi connectivity index (χ2n) is 7.75. The molecule has 0 aliphatic carbocycles. The highest BCUT2D eigenvalue weighted by molar-refractivity contribution is 7.89. The molecule has 1 atom stereocenters. The van der Waals surface area contributed by atoms with E-state index in [0.29, 0.717) is 28.9 Å². The third-order valence-electron chi connectivity index (χ3n) is 5.35. The first kappa shape index (κ1) is 23.3. The summed E-state index contributed by atoms with van der Waals surface area (Å²) in [6, 6.07) is 18.7. The van der Waals surface area contributed by atoms with E-state index in [4.69, 9.17) is 26.2 Å². The number of nitrogens with one attached hydrogen (secondary N) is 1. The number of carbonyl (C=O) groups is 1. The summed E-state index contributed by atoms with van der Waals surface area (Å²) in [7, 11) is -4.11. The van der Waals surface area contributed by atoms with Crippen LogP contribution in [0, 0.1) is 0 Å². The Morgan fingerprint density at radius 1 is 1.12 bits per heavy atom. The maximum absolute atomic E-state index is 12.4. The molecule has 3 aromatic rings. The van der Waals surface area contributed by atoms with Crippen molar-refractivity contribution in [1.82, 2.24) is 0 Å². The SMILES string of the molecule is NS(=O)(=O)c1cc(NC(=O)Cc2ccccc2Cl)ccc1Oc1ccc(C2CCOC2)cc1. The van der Waals surface area contributed by atoms with E-state index in [2.05, 4.69) is 5.32 Å². The Bertz CT molecular complexity index is 1260. The number of rotatable bonds is 7. The van der Waals surface area contributed by atoms with Crippen molar-refractivity contribution in [2.24, 2.45) is 5.14 Å². The molecule has 7 nitrogen and oxygen atoms in total. The number of hydrogen-bond donors (Lipinski definition) is 2. The summed E-state index contributed by atoms with van der Waals surface area (Å²) >= 11 is 6.10. The lowest BCUT2D eigenvalue weighted by Crippen LogP contribution is -2.17. The van der Waals surface area contributed by atoms with Gasteiger partial charge < -0.3 is 14.8 Å². The average molecular weight is 487 g/mol. The topological polar surface area (TPSA) is 108 Å². The third-order valence-corrected chi connectivity index (χ3v) is 6.65. The maximum atomic E-state index is 12.4. The zero-order chi connectivity index (χ0) is 23.4. The van der Waals surface area contributed by atoms with Crippen LogP contribution in [0.5, 0.6) is 11.5 Å². The smallest absolute Gasteiger partial charge is 0.241 e. The highest BCUT2D eigenvalue weighted by atomic mass is 35.5. The second kappa shape index (κ2) is 9.93. The van der Waals surface area contributed by atoms with Gasteiger partial charge in [0, 0.05) is 23.2 Å². The van der Waals surface area contributed by atoms with Gasteiger partial charge >= 0.3 is 0 Å². The molecular weight excluding hydrogens is 464 g/mol. The summed E-state index contributed by atoms with van der Waals surface area (Å²) in [6.07, 6.45) is 1.01. The van der Waals surface area contributed by atoms with Crippen molar-refractivity contribution in [2.75, 3.05) is 18.5 Å². The van der Waals surface area contributed by atoms with E-state index in [0.717, 1.165) is 18.6 Å². The number of ether oxygens (including phenoxy) is 2. The van der Waals surface area contributed by atoms with Gasteiger partial charge in [-0.25, -0.2) is 13.6 Å². The van der Waals surface area contributed by atoms with Gasteiger partial charge in [-0.05, 0) is 53.9 Å². The van der Waals surface area contributed by atoms with Gasteiger partial charge in [0.2, 0.25) is 15.9 Å². The van der Waals surface area contributed by atoms with Gasteiger partial charge in [0.15, 0.2) is 0 Å². The maximum Gasteiger partial charge on any atom is 0.241 e. The fourth-order valence-corrected chi connectivity index (χ4v) is 4.53. The molecule has 0 bridgehead atoms. The van der Waals surface area contributed by atoms with E-state index in [9.17, 15) is 13.2 Å². The lowest BCUT2D eigenvalue weighted by atomic mass is 9.99. The summed E-state index contributed by atoms with van der Waals surface area (Å²) in [5, 5.41) is 8.56. The van der Waals surface area contributed by atoms with Gasteiger partial charge in [-0.15, -0.1) is 0 Å². The minimum atomic E-state index is -4.11. The Morgan fingerprint density at radius 2 is 1.88 bits per heavy atom. The van der Waals surface area contributed by atoms with E-state index in [-0.39, 0.29) is 28.7 Å². The Balaban J connectivity index is 1.51. The van der Waals surface area contributed by atoms with Crippen LogP contribution in [0.1, 0.15) is 23.5 Å². The lowest BCUT2D eigenvalue weighted by Gasteiger charge is -2.14. The molecule has 33 heavy (non-hydrogen) atoms. The molecule has 0 aromatic heterocycles. The zero-order valence-electron chi connectivity index (χ0n) is 17.7. The number of primary sulfonamides is 1. The lowest BCUT2D eigenvalue weighted by molar-refractivity contribution is -0.115. The predicted octanol–water partition coefficient (Wildman–Crippen LogP) is 4.46. The monoisotopic (exact) mass is 486 g/mol. The molecule has 0 spiro atoms. The Labute approximate surface area is 197 Å². The quantitative estimate of drug-likeness (QED) is 0.512. The first-order valence-corrected chi connectivity index (χ1v) is 12.3. The summed E-state index contributed by atoms with van der Waals surface area (Å²) < 4.78 is 35.6. The van der Waals surface area contributed by atoms with Crippen molar-refractivity contribution >= 4 is 33.2 Å². The van der Waals surface area contributed by atoms with Crippen molar-refractivity contribution in [2.45, 2.75) is 23.7 Å². The van der Waals surface area contributed by atoms with Crippen LogP contribution in [0.25, 0.3) is 0 Å². The number of anilines is 1. The number of hydrogen-bond acceptors (Lipinski definition) is 5. The van der Waals surface area contributed by atoms with Gasteiger partial charge in [-0.3, -0.25) is 4.79 Å². The molecule has 4 rings (SSSR count). The number of halogens is 1. The van der Waals surface area contributed by atoms with Crippen LogP contribution in [0.2, 0.25) is 5.02 Å². The van der Waals surface area contributed by atoms with Gasteiger partial charge in [-0.1, -0.05) is 41.9 Å². The number of sulfonamides is 1. The normalized spacial score (nSPS) is 15.9. The minimum Gasteiger partial charge on any atom is -0.456 e. The summed E-state index contributed by atoms with van der Waals surface area (Å²) in [4.78, 5) is 12.2. The summed E-state index contributed by atoms with van der Waals surface area (Å²) in [6.45, 7) is 1.45. The van der Waals surface area contributed by atoms with Crippen LogP contribution in [-0.4, -0.2) is 27.5 Å². The van der Waals surface area contributed by atoms with Crippen LogP contribution in [-0.2, 0) is 26.0 Å². The van der Waals surface area contributed by atoms with Gasteiger partial charge in [-0.2, -0.15) is 0 Å². The fourth-order valence-electron chi connectivity index (χ4n) is 3.64. The van der Waals surface area contributed by atoms with Crippen molar-refractivity contribution in [3.63, 3.8) is 0 Å². The van der Waals surface area contributed by atoms with Gasteiger partial charge in [0.05, 0.1) is 13.0 Å². The zero-order valence-corrected chi connectivity index (χ0v) is 19.2. The highest BCUT2D eigenvalue weighted by Crippen LogP contribution is 2.32. The molecule has 172 valence electrons. The van der Waals surface area contributed by atoms with E-state index in [1.165, 1.54) is 12.1 Å². The molecule has 0 saturated carbocycles. The molecule has 3 aromatic carbocycles. The molecule has 1 unspecified atom stereocenters. The van der Waals surface area contributed by atoms with Crippen LogP contribution in [0.3, 0.4) is 0 Å². The van der Waals surface area contributed by atoms with Crippen LogP contribution < -0.4 is 15.2 Å². The van der Waals surface area contributed by atoms with Crippen LogP contribution in [0.4, 0.5) is 5.69 Å². The average Bonchev–Trinajstić information content (AvgIpc) is 3.31. The van der Waals surface area contributed by atoms with E-state index >= 15 is 0 Å². The fraction of sp³-hybridized carbons (Fsp3) is 0.208. The van der Waals surface area contributed by atoms with Crippen molar-refractivity contribution in [3.8, 4) is 11.5 Å². The van der Waals surface area contributed by atoms with Gasteiger partial charge in [0.1, 0.15) is 16.4 Å². The molecule has 1 aliphatic heterocycles. The van der Waals surface area contributed by atoms with Crippen molar-refractivity contribution in [1.29, 1.82) is 0 Å². The van der Waals surface area contributed by atoms with E-state index in [1.54, 1.807) is 42.5 Å². The Hall–Kier alpha value is -2.91. The first-order valence-electron chi connectivity index (χ1n) is 10.4. The number of carbonyl (C=O) groups excluding carboxylic acids is 1. The van der Waals surface area contributed by atoms with Crippen molar-refractivity contribution in [3.05, 3.63) is 82.9 Å². The van der Waals surface area contributed by atoms with E-state index in [1.807, 2.05) is 12.1 Å². The van der Waals surface area contributed by atoms with E-state index < -0.39 is 10.0 Å². The number of amides is 1. The molecule has 0 radical (unpaired) electrons. The molecular formula is C24H23ClN2O5S. The Morgan fingerprint density at radius 3 is 2.55 bits per heavy atom. The second-order valence-corrected chi connectivity index (χ2v) is 9.69. The van der Waals surface area contributed by atoms with Crippen LogP contribution in [0.15, 0.2) is 71.6 Å². The first-order chi connectivity index (χ1) is 15.8. The highest BCUT2D eigenvalue weighted by Gasteiger charge is 2.20. The molecule has 3 N–H and O–H groups in total. The Kier molecular flexibility index (Phi) is 6.99. The third kappa shape index (κ3) is 5.91. The molecule has 1 amide bonds. The summed E-state index contributed by atoms with van der Waals surface area (Å²) in [5.41, 5.74) is 2.08.